The van der Waals surface area contributed by atoms with Gasteiger partial charge in [-0.05, 0) is 31.2 Å². The van der Waals surface area contributed by atoms with Gasteiger partial charge in [-0.2, -0.15) is 17.9 Å². The van der Waals surface area contributed by atoms with Crippen molar-refractivity contribution in [3.8, 4) is 0 Å². The van der Waals surface area contributed by atoms with Crippen molar-refractivity contribution in [2.75, 3.05) is 0 Å². The monoisotopic (exact) mass is 319 g/mol. The van der Waals surface area contributed by atoms with Gasteiger partial charge in [0.2, 0.25) is 10.0 Å². The quantitative estimate of drug-likeness (QED) is 0.941. The summed E-state index contributed by atoms with van der Waals surface area (Å²) in [6.07, 6.45) is -3.76. The Balaban J connectivity index is 2.34. The molecule has 21 heavy (non-hydrogen) atoms. The smallest absolute Gasteiger partial charge is 0.411 e. The first kappa shape index (κ1) is 15.6. The van der Waals surface area contributed by atoms with E-state index in [-0.39, 0.29) is 4.90 Å². The fourth-order valence-electron chi connectivity index (χ4n) is 1.68. The summed E-state index contributed by atoms with van der Waals surface area (Å²) < 4.78 is 69.4. The van der Waals surface area contributed by atoms with Gasteiger partial charge in [0.25, 0.3) is 0 Å². The lowest BCUT2D eigenvalue weighted by Gasteiger charge is -2.19. The van der Waals surface area contributed by atoms with Crippen LogP contribution in [0.3, 0.4) is 0 Å². The van der Waals surface area contributed by atoms with Crippen LogP contribution in [0.15, 0.2) is 52.0 Å². The van der Waals surface area contributed by atoms with Crippen LogP contribution in [0.5, 0.6) is 0 Å². The van der Waals surface area contributed by atoms with Crippen LogP contribution in [0.25, 0.3) is 0 Å². The van der Waals surface area contributed by atoms with Crippen LogP contribution in [-0.2, 0) is 10.0 Å². The third kappa shape index (κ3) is 3.64. The van der Waals surface area contributed by atoms with Crippen LogP contribution < -0.4 is 4.72 Å². The van der Waals surface area contributed by atoms with E-state index in [4.69, 9.17) is 0 Å². The number of alkyl halides is 3. The van der Waals surface area contributed by atoms with Crippen molar-refractivity contribution in [2.45, 2.75) is 24.0 Å². The van der Waals surface area contributed by atoms with E-state index < -0.39 is 28.0 Å². The molecule has 0 saturated heterocycles. The van der Waals surface area contributed by atoms with E-state index in [2.05, 4.69) is 4.42 Å². The molecule has 8 heteroatoms. The molecule has 1 atom stereocenters. The molecule has 0 unspecified atom stereocenters. The van der Waals surface area contributed by atoms with Crippen LogP contribution in [0.2, 0.25) is 0 Å². The maximum absolute atomic E-state index is 13.0. The predicted molar refractivity (Wildman–Crippen MR) is 69.0 cm³/mol. The van der Waals surface area contributed by atoms with E-state index in [1.54, 1.807) is 11.6 Å². The number of hydrogen-bond acceptors (Lipinski definition) is 3. The first-order valence-electron chi connectivity index (χ1n) is 5.89. The number of hydrogen-bond donors (Lipinski definition) is 1. The van der Waals surface area contributed by atoms with Gasteiger partial charge in [-0.3, -0.25) is 0 Å². The second-order valence-electron chi connectivity index (χ2n) is 4.42. The lowest BCUT2D eigenvalue weighted by Crippen LogP contribution is -2.37. The van der Waals surface area contributed by atoms with Crippen molar-refractivity contribution >= 4 is 10.0 Å². The second kappa shape index (κ2) is 5.53. The summed E-state index contributed by atoms with van der Waals surface area (Å²) in [5.41, 5.74) is 0.798. The molecule has 0 bridgehead atoms. The fourth-order valence-corrected chi connectivity index (χ4v) is 2.87. The molecule has 114 valence electrons. The van der Waals surface area contributed by atoms with Crippen molar-refractivity contribution < 1.29 is 26.0 Å². The van der Waals surface area contributed by atoms with Crippen molar-refractivity contribution in [1.82, 2.24) is 4.72 Å². The van der Waals surface area contributed by atoms with E-state index in [1.807, 2.05) is 0 Å². The van der Waals surface area contributed by atoms with Crippen molar-refractivity contribution in [2.24, 2.45) is 0 Å². The van der Waals surface area contributed by atoms with Gasteiger partial charge in [-0.25, -0.2) is 8.42 Å². The molecule has 1 aromatic heterocycles. The molecule has 1 N–H and O–H groups in total. The molecule has 2 rings (SSSR count). The zero-order chi connectivity index (χ0) is 15.7. The fraction of sp³-hybridized carbons (Fsp3) is 0.231. The summed E-state index contributed by atoms with van der Waals surface area (Å²) in [6.45, 7) is 1.74. The lowest BCUT2D eigenvalue weighted by molar-refractivity contribution is -0.156. The molecule has 0 fully saturated rings. The molecule has 0 aliphatic carbocycles. The minimum absolute atomic E-state index is 0.242. The lowest BCUT2D eigenvalue weighted by atomic mass is 10.2. The predicted octanol–water partition coefficient (Wildman–Crippen LogP) is 3.17. The Labute approximate surface area is 119 Å². The largest absolute Gasteiger partial charge is 0.467 e. The molecule has 0 radical (unpaired) electrons. The van der Waals surface area contributed by atoms with Crippen LogP contribution in [0.1, 0.15) is 17.4 Å². The summed E-state index contributed by atoms with van der Waals surface area (Å²) >= 11 is 0. The Bertz CT molecular complexity index is 691. The van der Waals surface area contributed by atoms with E-state index in [0.717, 1.165) is 17.9 Å². The Morgan fingerprint density at radius 3 is 2.24 bits per heavy atom. The number of furan rings is 1. The molecule has 2 aromatic rings. The summed E-state index contributed by atoms with van der Waals surface area (Å²) in [4.78, 5) is -0.242. The molecule has 0 spiro atoms. The van der Waals surface area contributed by atoms with Crippen LogP contribution in [0, 0.1) is 6.92 Å². The van der Waals surface area contributed by atoms with Gasteiger partial charge in [0.15, 0.2) is 6.04 Å². The standard InChI is InChI=1S/C13H12F3NO3S/c1-9-4-6-10(7-5-9)21(18,19)17-12(13(14,15)16)11-3-2-8-20-11/h2-8,12,17H,1H3/t12-/m1/s1. The van der Waals surface area contributed by atoms with Crippen molar-refractivity contribution in [1.29, 1.82) is 0 Å². The average molecular weight is 319 g/mol. The van der Waals surface area contributed by atoms with Gasteiger partial charge in [0.1, 0.15) is 5.76 Å². The van der Waals surface area contributed by atoms with Gasteiger partial charge in [0.05, 0.1) is 11.2 Å². The van der Waals surface area contributed by atoms with Crippen LogP contribution >= 0.6 is 0 Å². The van der Waals surface area contributed by atoms with E-state index >= 15 is 0 Å². The number of nitrogens with one attached hydrogen (secondary N) is 1. The van der Waals surface area contributed by atoms with Crippen molar-refractivity contribution in [3.63, 3.8) is 0 Å². The zero-order valence-corrected chi connectivity index (χ0v) is 11.7. The molecule has 1 heterocycles. The number of sulfonamides is 1. The minimum Gasteiger partial charge on any atom is -0.467 e. The Kier molecular flexibility index (Phi) is 4.11. The number of aryl methyl sites for hydroxylation is 1. The third-order valence-corrected chi connectivity index (χ3v) is 4.20. The average Bonchev–Trinajstić information content (AvgIpc) is 2.88. The number of benzene rings is 1. The van der Waals surface area contributed by atoms with Crippen LogP contribution in [-0.4, -0.2) is 14.6 Å². The normalized spacial score (nSPS) is 14.1. The SMILES string of the molecule is Cc1ccc(S(=O)(=O)N[C@H](c2ccco2)C(F)(F)F)cc1. The third-order valence-electron chi connectivity index (χ3n) is 2.76. The van der Waals surface area contributed by atoms with E-state index in [0.29, 0.717) is 0 Å². The zero-order valence-electron chi connectivity index (χ0n) is 10.9. The van der Waals surface area contributed by atoms with Gasteiger partial charge >= 0.3 is 6.18 Å². The molecule has 1 aromatic carbocycles. The van der Waals surface area contributed by atoms with Crippen molar-refractivity contribution in [3.05, 3.63) is 54.0 Å². The summed E-state index contributed by atoms with van der Waals surface area (Å²) in [5, 5.41) is 0. The molecular formula is C13H12F3NO3S. The van der Waals surface area contributed by atoms with E-state index in [9.17, 15) is 21.6 Å². The summed E-state index contributed by atoms with van der Waals surface area (Å²) in [7, 11) is -4.32. The first-order valence-corrected chi connectivity index (χ1v) is 7.37. The highest BCUT2D eigenvalue weighted by atomic mass is 32.2. The van der Waals surface area contributed by atoms with Crippen LogP contribution in [0.4, 0.5) is 13.2 Å². The Hall–Kier alpha value is -1.80. The highest BCUT2D eigenvalue weighted by Crippen LogP contribution is 2.34. The molecule has 0 saturated carbocycles. The second-order valence-corrected chi connectivity index (χ2v) is 6.14. The Morgan fingerprint density at radius 2 is 1.76 bits per heavy atom. The van der Waals surface area contributed by atoms with Gasteiger partial charge in [0, 0.05) is 0 Å². The Morgan fingerprint density at radius 1 is 1.14 bits per heavy atom. The molecule has 0 aliphatic rings. The number of rotatable bonds is 4. The summed E-state index contributed by atoms with van der Waals surface area (Å²) in [5.74, 6) is -0.516. The van der Waals surface area contributed by atoms with Gasteiger partial charge in [-0.15, -0.1) is 0 Å². The maximum Gasteiger partial charge on any atom is 0.411 e. The minimum atomic E-state index is -4.81. The molecule has 4 nitrogen and oxygen atoms in total. The first-order chi connectivity index (χ1) is 9.70. The molecule has 0 aliphatic heterocycles. The van der Waals surface area contributed by atoms with E-state index in [1.165, 1.54) is 30.3 Å². The summed E-state index contributed by atoms with van der Waals surface area (Å²) in [6, 6.07) is 5.39. The molecule has 0 amide bonds. The molecular weight excluding hydrogens is 307 g/mol. The topological polar surface area (TPSA) is 59.3 Å². The van der Waals surface area contributed by atoms with Gasteiger partial charge in [-0.1, -0.05) is 17.7 Å². The highest BCUT2D eigenvalue weighted by Gasteiger charge is 2.45. The number of halogens is 3. The van der Waals surface area contributed by atoms with Gasteiger partial charge < -0.3 is 4.42 Å². The highest BCUT2D eigenvalue weighted by molar-refractivity contribution is 7.89. The maximum atomic E-state index is 13.0.